The minimum Gasteiger partial charge on any atom is -0.497 e. The SMILES string of the molecule is COc1ccc2ncc(OCCN3CCC(NC(Cc4ccccc4)C4=COCO4)CC3)nc2c1. The Morgan fingerprint density at radius 3 is 2.74 bits per heavy atom. The Kier molecular flexibility index (Phi) is 7.60. The van der Waals surface area contributed by atoms with Crippen molar-refractivity contribution in [2.75, 3.05) is 40.1 Å². The molecule has 1 unspecified atom stereocenters. The van der Waals surface area contributed by atoms with E-state index in [1.165, 1.54) is 5.56 Å². The summed E-state index contributed by atoms with van der Waals surface area (Å²) in [5.74, 6) is 2.19. The molecule has 1 aromatic heterocycles. The molecule has 3 aromatic rings. The zero-order chi connectivity index (χ0) is 23.9. The van der Waals surface area contributed by atoms with E-state index in [9.17, 15) is 0 Å². The summed E-state index contributed by atoms with van der Waals surface area (Å²) in [6.45, 7) is 3.79. The molecule has 1 fully saturated rings. The maximum Gasteiger partial charge on any atom is 0.232 e. The normalized spacial score (nSPS) is 17.5. The molecule has 1 N–H and O–H groups in total. The third kappa shape index (κ3) is 6.21. The van der Waals surface area contributed by atoms with Gasteiger partial charge in [0.15, 0.2) is 5.76 Å². The van der Waals surface area contributed by atoms with Crippen LogP contribution in [0.2, 0.25) is 0 Å². The fraction of sp³-hybridized carbons (Fsp3) is 0.407. The molecule has 2 aromatic carbocycles. The number of hydrogen-bond acceptors (Lipinski definition) is 8. The van der Waals surface area contributed by atoms with Gasteiger partial charge >= 0.3 is 0 Å². The molecule has 0 saturated carbocycles. The first-order valence-electron chi connectivity index (χ1n) is 12.2. The van der Waals surface area contributed by atoms with E-state index in [0.29, 0.717) is 25.3 Å². The first-order chi connectivity index (χ1) is 17.3. The van der Waals surface area contributed by atoms with Crippen LogP contribution in [0.3, 0.4) is 0 Å². The predicted octanol–water partition coefficient (Wildman–Crippen LogP) is 3.53. The van der Waals surface area contributed by atoms with Crippen molar-refractivity contribution < 1.29 is 18.9 Å². The van der Waals surface area contributed by atoms with Crippen LogP contribution in [0.1, 0.15) is 18.4 Å². The van der Waals surface area contributed by atoms with Crippen molar-refractivity contribution in [2.45, 2.75) is 31.3 Å². The second-order valence-electron chi connectivity index (χ2n) is 8.89. The molecule has 8 heteroatoms. The molecule has 1 saturated heterocycles. The van der Waals surface area contributed by atoms with E-state index >= 15 is 0 Å². The molecule has 5 rings (SSSR count). The quantitative estimate of drug-likeness (QED) is 0.476. The smallest absolute Gasteiger partial charge is 0.232 e. The summed E-state index contributed by atoms with van der Waals surface area (Å²) < 4.78 is 22.2. The van der Waals surface area contributed by atoms with E-state index in [-0.39, 0.29) is 6.04 Å². The zero-order valence-electron chi connectivity index (χ0n) is 20.1. The van der Waals surface area contributed by atoms with E-state index in [1.807, 2.05) is 24.3 Å². The van der Waals surface area contributed by atoms with Crippen LogP contribution in [-0.4, -0.2) is 67.1 Å². The zero-order valence-corrected chi connectivity index (χ0v) is 20.1. The van der Waals surface area contributed by atoms with Gasteiger partial charge in [-0.15, -0.1) is 0 Å². The van der Waals surface area contributed by atoms with Gasteiger partial charge in [-0.1, -0.05) is 30.3 Å². The number of nitrogens with zero attached hydrogens (tertiary/aromatic N) is 3. The van der Waals surface area contributed by atoms with Crippen LogP contribution in [0.25, 0.3) is 11.0 Å². The van der Waals surface area contributed by atoms with Crippen molar-refractivity contribution in [3.8, 4) is 11.6 Å². The Morgan fingerprint density at radius 2 is 1.97 bits per heavy atom. The summed E-state index contributed by atoms with van der Waals surface area (Å²) in [6.07, 6.45) is 6.47. The minimum absolute atomic E-state index is 0.116. The molecule has 0 bridgehead atoms. The average molecular weight is 477 g/mol. The van der Waals surface area contributed by atoms with Crippen LogP contribution in [0.15, 0.2) is 66.7 Å². The van der Waals surface area contributed by atoms with Crippen molar-refractivity contribution in [2.24, 2.45) is 0 Å². The Labute approximate surface area is 205 Å². The van der Waals surface area contributed by atoms with Crippen LogP contribution < -0.4 is 14.8 Å². The molecule has 3 heterocycles. The van der Waals surface area contributed by atoms with Crippen molar-refractivity contribution in [1.29, 1.82) is 0 Å². The average Bonchev–Trinajstić information content (AvgIpc) is 3.45. The van der Waals surface area contributed by atoms with Crippen molar-refractivity contribution >= 4 is 11.0 Å². The lowest BCUT2D eigenvalue weighted by atomic mass is 10.00. The van der Waals surface area contributed by atoms with Gasteiger partial charge < -0.3 is 24.3 Å². The molecule has 8 nitrogen and oxygen atoms in total. The summed E-state index contributed by atoms with van der Waals surface area (Å²) in [7, 11) is 1.64. The lowest BCUT2D eigenvalue weighted by molar-refractivity contribution is 0.0712. The molecule has 2 aliphatic heterocycles. The van der Waals surface area contributed by atoms with Gasteiger partial charge in [0, 0.05) is 18.7 Å². The number of rotatable bonds is 10. The highest BCUT2D eigenvalue weighted by atomic mass is 16.7. The highest BCUT2D eigenvalue weighted by Gasteiger charge is 2.26. The van der Waals surface area contributed by atoms with Gasteiger partial charge in [-0.3, -0.25) is 4.90 Å². The maximum absolute atomic E-state index is 5.91. The molecule has 1 atom stereocenters. The molecule has 0 radical (unpaired) electrons. The summed E-state index contributed by atoms with van der Waals surface area (Å²) in [5, 5.41) is 3.82. The van der Waals surface area contributed by atoms with E-state index < -0.39 is 0 Å². The lowest BCUT2D eigenvalue weighted by Gasteiger charge is -2.34. The number of benzene rings is 2. The number of ether oxygens (including phenoxy) is 4. The maximum atomic E-state index is 5.91. The van der Waals surface area contributed by atoms with Crippen LogP contribution in [0.4, 0.5) is 0 Å². The number of nitrogens with one attached hydrogen (secondary N) is 1. The van der Waals surface area contributed by atoms with Crippen LogP contribution in [-0.2, 0) is 15.9 Å². The Bertz CT molecular complexity index is 1130. The fourth-order valence-corrected chi connectivity index (χ4v) is 4.58. The third-order valence-electron chi connectivity index (χ3n) is 6.53. The standard InChI is InChI=1S/C27H32N4O4/c1-32-22-7-8-23-24(16-22)30-27(17-28-23)34-14-13-31-11-9-21(10-12-31)29-25(26-18-33-19-35-26)15-20-5-3-2-4-6-20/h2-8,16-18,21,25,29H,9-15,19H2,1H3. The van der Waals surface area contributed by atoms with Gasteiger partial charge in [0.2, 0.25) is 12.7 Å². The second-order valence-corrected chi connectivity index (χ2v) is 8.89. The highest BCUT2D eigenvalue weighted by molar-refractivity contribution is 5.76. The molecule has 0 amide bonds. The number of likely N-dealkylation sites (tertiary alicyclic amines) is 1. The number of fused-ring (bicyclic) bond motifs is 1. The van der Waals surface area contributed by atoms with Gasteiger partial charge in [0.05, 0.1) is 30.4 Å². The first-order valence-corrected chi connectivity index (χ1v) is 12.2. The Hall–Kier alpha value is -3.36. The monoisotopic (exact) mass is 476 g/mol. The van der Waals surface area contributed by atoms with E-state index in [2.05, 4.69) is 44.5 Å². The predicted molar refractivity (Wildman–Crippen MR) is 133 cm³/mol. The number of hydrogen-bond donors (Lipinski definition) is 1. The van der Waals surface area contributed by atoms with Crippen LogP contribution in [0, 0.1) is 0 Å². The Balaban J connectivity index is 1.09. The van der Waals surface area contributed by atoms with Gasteiger partial charge in [0.1, 0.15) is 18.6 Å². The fourth-order valence-electron chi connectivity index (χ4n) is 4.58. The number of piperidine rings is 1. The van der Waals surface area contributed by atoms with E-state index in [1.54, 1.807) is 19.6 Å². The molecule has 2 aliphatic rings. The molecule has 184 valence electrons. The van der Waals surface area contributed by atoms with Gasteiger partial charge in [-0.05, 0) is 50.0 Å². The summed E-state index contributed by atoms with van der Waals surface area (Å²) in [5.41, 5.74) is 2.88. The van der Waals surface area contributed by atoms with Crippen LogP contribution in [0.5, 0.6) is 11.6 Å². The van der Waals surface area contributed by atoms with Gasteiger partial charge in [0.25, 0.3) is 0 Å². The summed E-state index contributed by atoms with van der Waals surface area (Å²) in [6, 6.07) is 16.7. The van der Waals surface area contributed by atoms with Gasteiger partial charge in [-0.2, -0.15) is 0 Å². The number of aromatic nitrogens is 2. The molecular weight excluding hydrogens is 444 g/mol. The third-order valence-corrected chi connectivity index (χ3v) is 6.53. The number of methoxy groups -OCH3 is 1. The van der Waals surface area contributed by atoms with Crippen LogP contribution >= 0.6 is 0 Å². The summed E-state index contributed by atoms with van der Waals surface area (Å²) in [4.78, 5) is 11.4. The first kappa shape index (κ1) is 23.4. The van der Waals surface area contributed by atoms with Gasteiger partial charge in [-0.25, -0.2) is 9.97 Å². The van der Waals surface area contributed by atoms with E-state index in [4.69, 9.17) is 18.9 Å². The molecule has 0 aliphatic carbocycles. The Morgan fingerprint density at radius 1 is 1.11 bits per heavy atom. The highest BCUT2D eigenvalue weighted by Crippen LogP contribution is 2.21. The largest absolute Gasteiger partial charge is 0.497 e. The molecular formula is C27H32N4O4. The summed E-state index contributed by atoms with van der Waals surface area (Å²) >= 11 is 0. The second kappa shape index (κ2) is 11.4. The topological polar surface area (TPSA) is 78.0 Å². The van der Waals surface area contributed by atoms with Crippen molar-refractivity contribution in [1.82, 2.24) is 20.2 Å². The van der Waals surface area contributed by atoms with Crippen molar-refractivity contribution in [3.63, 3.8) is 0 Å². The lowest BCUT2D eigenvalue weighted by Crippen LogP contribution is -2.48. The van der Waals surface area contributed by atoms with E-state index in [0.717, 1.165) is 61.4 Å². The van der Waals surface area contributed by atoms with Crippen molar-refractivity contribution in [3.05, 3.63) is 72.3 Å². The molecule has 0 spiro atoms. The minimum atomic E-state index is 0.116. The molecule has 35 heavy (non-hydrogen) atoms.